The van der Waals surface area contributed by atoms with Crippen LogP contribution < -0.4 is 16.6 Å². The van der Waals surface area contributed by atoms with E-state index in [0.29, 0.717) is 17.4 Å². The van der Waals surface area contributed by atoms with E-state index in [9.17, 15) is 14.4 Å². The van der Waals surface area contributed by atoms with Gasteiger partial charge < -0.3 is 10.3 Å². The molecule has 0 aliphatic heterocycles. The maximum atomic E-state index is 12.5. The van der Waals surface area contributed by atoms with E-state index >= 15 is 0 Å². The van der Waals surface area contributed by atoms with Gasteiger partial charge in [-0.2, -0.15) is 5.10 Å². The van der Waals surface area contributed by atoms with E-state index in [1.807, 2.05) is 36.5 Å². The molecule has 0 saturated heterocycles. The standard InChI is InChI=1S/C21H19N5O3/c27-19(14-26-20(28)17-8-4-5-9-18(17)24-21(26)29)22-10-16-11-23-25(13-16)12-15-6-2-1-3-7-15/h1-9,11,13H,10,12,14H2,(H,22,27)(H,24,29). The van der Waals surface area contributed by atoms with Gasteiger partial charge in [-0.1, -0.05) is 42.5 Å². The molecule has 0 unspecified atom stereocenters. The van der Waals surface area contributed by atoms with Crippen LogP contribution in [-0.4, -0.2) is 25.2 Å². The Bertz CT molecular complexity index is 1270. The van der Waals surface area contributed by atoms with E-state index in [0.717, 1.165) is 15.7 Å². The number of aromatic nitrogens is 4. The Balaban J connectivity index is 1.40. The lowest BCUT2D eigenvalue weighted by molar-refractivity contribution is -0.121. The zero-order valence-corrected chi connectivity index (χ0v) is 15.5. The fourth-order valence-electron chi connectivity index (χ4n) is 3.10. The van der Waals surface area contributed by atoms with E-state index in [4.69, 9.17) is 0 Å². The maximum absolute atomic E-state index is 12.5. The van der Waals surface area contributed by atoms with Crippen LogP contribution in [-0.2, 0) is 24.4 Å². The summed E-state index contributed by atoms with van der Waals surface area (Å²) < 4.78 is 2.69. The van der Waals surface area contributed by atoms with Crippen molar-refractivity contribution < 1.29 is 4.79 Å². The Morgan fingerprint density at radius 2 is 1.76 bits per heavy atom. The molecule has 0 fully saturated rings. The molecular formula is C21H19N5O3. The first-order valence-corrected chi connectivity index (χ1v) is 9.14. The summed E-state index contributed by atoms with van der Waals surface area (Å²) in [4.78, 5) is 39.5. The summed E-state index contributed by atoms with van der Waals surface area (Å²) in [6.45, 7) is 0.543. The molecule has 0 bridgehead atoms. The number of hydrogen-bond acceptors (Lipinski definition) is 4. The molecule has 8 heteroatoms. The van der Waals surface area contributed by atoms with Crippen LogP contribution in [0, 0.1) is 0 Å². The van der Waals surface area contributed by atoms with Crippen molar-refractivity contribution in [1.29, 1.82) is 0 Å². The highest BCUT2D eigenvalue weighted by Crippen LogP contribution is 2.04. The molecule has 0 atom stereocenters. The minimum Gasteiger partial charge on any atom is -0.350 e. The highest BCUT2D eigenvalue weighted by atomic mass is 16.2. The van der Waals surface area contributed by atoms with Crippen molar-refractivity contribution >= 4 is 16.8 Å². The van der Waals surface area contributed by atoms with Gasteiger partial charge in [-0.15, -0.1) is 0 Å². The van der Waals surface area contributed by atoms with Gasteiger partial charge in [-0.3, -0.25) is 18.8 Å². The molecule has 4 rings (SSSR count). The lowest BCUT2D eigenvalue weighted by atomic mass is 10.2. The summed E-state index contributed by atoms with van der Waals surface area (Å²) in [7, 11) is 0. The van der Waals surface area contributed by atoms with Crippen molar-refractivity contribution in [2.45, 2.75) is 19.6 Å². The fourth-order valence-corrected chi connectivity index (χ4v) is 3.10. The Labute approximate surface area is 165 Å². The van der Waals surface area contributed by atoms with Crippen LogP contribution >= 0.6 is 0 Å². The Hall–Kier alpha value is -3.94. The first-order valence-electron chi connectivity index (χ1n) is 9.14. The van der Waals surface area contributed by atoms with Crippen LogP contribution in [0.5, 0.6) is 0 Å². The first-order chi connectivity index (χ1) is 14.1. The lowest BCUT2D eigenvalue weighted by Gasteiger charge is -2.07. The molecular weight excluding hydrogens is 370 g/mol. The van der Waals surface area contributed by atoms with Crippen molar-refractivity contribution in [1.82, 2.24) is 24.6 Å². The molecule has 4 aromatic rings. The van der Waals surface area contributed by atoms with Crippen LogP contribution in [0.3, 0.4) is 0 Å². The molecule has 1 amide bonds. The molecule has 0 radical (unpaired) electrons. The molecule has 8 nitrogen and oxygen atoms in total. The Morgan fingerprint density at radius 3 is 2.59 bits per heavy atom. The average molecular weight is 389 g/mol. The van der Waals surface area contributed by atoms with E-state index in [1.54, 1.807) is 35.1 Å². The maximum Gasteiger partial charge on any atom is 0.329 e. The van der Waals surface area contributed by atoms with E-state index in [1.165, 1.54) is 0 Å². The number of nitrogens with one attached hydrogen (secondary N) is 2. The number of hydrogen-bond donors (Lipinski definition) is 2. The lowest BCUT2D eigenvalue weighted by Crippen LogP contribution is -2.40. The zero-order valence-electron chi connectivity index (χ0n) is 15.5. The predicted octanol–water partition coefficient (Wildman–Crippen LogP) is 1.25. The highest BCUT2D eigenvalue weighted by Gasteiger charge is 2.11. The third-order valence-electron chi connectivity index (χ3n) is 4.55. The minimum atomic E-state index is -0.612. The minimum absolute atomic E-state index is 0.258. The van der Waals surface area contributed by atoms with Gasteiger partial charge in [0.15, 0.2) is 0 Å². The molecule has 0 spiro atoms. The Kier molecular flexibility index (Phi) is 5.07. The highest BCUT2D eigenvalue weighted by molar-refractivity contribution is 5.78. The van der Waals surface area contributed by atoms with Crippen molar-refractivity contribution in [3.8, 4) is 0 Å². The molecule has 2 N–H and O–H groups in total. The third-order valence-corrected chi connectivity index (χ3v) is 4.55. The van der Waals surface area contributed by atoms with Gasteiger partial charge >= 0.3 is 5.69 Å². The summed E-state index contributed by atoms with van der Waals surface area (Å²) in [6, 6.07) is 16.6. The van der Waals surface area contributed by atoms with E-state index in [-0.39, 0.29) is 13.1 Å². The number of amides is 1. The SMILES string of the molecule is O=C(Cn1c(=O)[nH]c2ccccc2c1=O)NCc1cnn(Cc2ccccc2)c1. The fraction of sp³-hybridized carbons (Fsp3) is 0.143. The van der Waals surface area contributed by atoms with Gasteiger partial charge in [-0.05, 0) is 17.7 Å². The number of H-pyrrole nitrogens is 1. The third kappa shape index (κ3) is 4.16. The van der Waals surface area contributed by atoms with Crippen LogP contribution in [0.1, 0.15) is 11.1 Å². The van der Waals surface area contributed by atoms with Gasteiger partial charge in [0.25, 0.3) is 5.56 Å². The molecule has 0 aliphatic rings. The van der Waals surface area contributed by atoms with Gasteiger partial charge in [0.2, 0.25) is 5.91 Å². The van der Waals surface area contributed by atoms with Crippen molar-refractivity contribution in [3.63, 3.8) is 0 Å². The number of nitrogens with zero attached hydrogens (tertiary/aromatic N) is 3. The molecule has 146 valence electrons. The largest absolute Gasteiger partial charge is 0.350 e. The van der Waals surface area contributed by atoms with Crippen molar-refractivity contribution in [3.05, 3.63) is 99.0 Å². The number of carbonyl (C=O) groups is 1. The van der Waals surface area contributed by atoms with E-state index in [2.05, 4.69) is 15.4 Å². The second-order valence-corrected chi connectivity index (χ2v) is 6.68. The quantitative estimate of drug-likeness (QED) is 0.518. The van der Waals surface area contributed by atoms with Crippen LogP contribution in [0.2, 0.25) is 0 Å². The molecule has 29 heavy (non-hydrogen) atoms. The normalized spacial score (nSPS) is 10.9. The summed E-state index contributed by atoms with van der Waals surface area (Å²) in [5, 5.41) is 7.38. The summed E-state index contributed by atoms with van der Waals surface area (Å²) >= 11 is 0. The number of carbonyl (C=O) groups excluding carboxylic acids is 1. The van der Waals surface area contributed by atoms with Crippen LogP contribution in [0.4, 0.5) is 0 Å². The average Bonchev–Trinajstić information content (AvgIpc) is 3.17. The summed E-state index contributed by atoms with van der Waals surface area (Å²) in [5.41, 5.74) is 1.30. The molecule has 0 saturated carbocycles. The number of benzene rings is 2. The van der Waals surface area contributed by atoms with Gasteiger partial charge in [-0.25, -0.2) is 4.79 Å². The zero-order chi connectivity index (χ0) is 20.2. The molecule has 2 heterocycles. The smallest absolute Gasteiger partial charge is 0.329 e. The topological polar surface area (TPSA) is 102 Å². The molecule has 2 aromatic carbocycles. The monoisotopic (exact) mass is 389 g/mol. The van der Waals surface area contributed by atoms with Gasteiger partial charge in [0, 0.05) is 18.3 Å². The van der Waals surface area contributed by atoms with Crippen LogP contribution in [0.25, 0.3) is 10.9 Å². The first kappa shape index (κ1) is 18.4. The second kappa shape index (κ2) is 7.97. The predicted molar refractivity (Wildman–Crippen MR) is 108 cm³/mol. The number of aromatic amines is 1. The van der Waals surface area contributed by atoms with E-state index < -0.39 is 17.2 Å². The summed E-state index contributed by atoms with van der Waals surface area (Å²) in [5.74, 6) is -0.427. The van der Waals surface area contributed by atoms with Crippen molar-refractivity contribution in [2.75, 3.05) is 0 Å². The number of rotatable bonds is 6. The number of fused-ring (bicyclic) bond motifs is 1. The molecule has 0 aliphatic carbocycles. The van der Waals surface area contributed by atoms with Crippen molar-refractivity contribution in [2.24, 2.45) is 0 Å². The number of para-hydroxylation sites is 1. The van der Waals surface area contributed by atoms with Crippen LogP contribution in [0.15, 0.2) is 76.6 Å². The molecule has 2 aromatic heterocycles. The Morgan fingerprint density at radius 1 is 1.00 bits per heavy atom. The summed E-state index contributed by atoms with van der Waals surface area (Å²) in [6.07, 6.45) is 3.53. The van der Waals surface area contributed by atoms with Gasteiger partial charge in [0.1, 0.15) is 6.54 Å². The second-order valence-electron chi connectivity index (χ2n) is 6.68. The van der Waals surface area contributed by atoms with Gasteiger partial charge in [0.05, 0.1) is 23.6 Å².